The molecule has 0 spiro atoms. The van der Waals surface area contributed by atoms with E-state index in [-0.39, 0.29) is 29.8 Å². The summed E-state index contributed by atoms with van der Waals surface area (Å²) in [5.41, 5.74) is 11.5. The number of anilines is 2. The molecule has 0 aliphatic carbocycles. The SMILES string of the molecule is CN=Cc1cc(OCCO/N=C(\C(=O)NC2C(=O)N(OS(=O)(=O)O)C2(C)C)c2csc(N)n2)ccc1NCCCN. The van der Waals surface area contributed by atoms with Crippen LogP contribution in [0.5, 0.6) is 5.75 Å². The average Bonchev–Trinajstić information content (AvgIpc) is 3.34. The van der Waals surface area contributed by atoms with Gasteiger partial charge in [-0.25, -0.2) is 4.98 Å². The number of thiazole rings is 1. The molecule has 224 valence electrons. The number of nitrogens with two attached hydrogens (primary N) is 2. The van der Waals surface area contributed by atoms with Gasteiger partial charge in [-0.1, -0.05) is 5.16 Å². The average molecular weight is 613 g/mol. The molecule has 3 rings (SSSR count). The number of hydroxylamine groups is 2. The summed E-state index contributed by atoms with van der Waals surface area (Å²) in [6.45, 7) is 4.18. The molecule has 1 aromatic carbocycles. The highest BCUT2D eigenvalue weighted by molar-refractivity contribution is 7.80. The Hall–Kier alpha value is -3.84. The Morgan fingerprint density at radius 1 is 1.34 bits per heavy atom. The first-order valence-corrected chi connectivity index (χ1v) is 14.5. The predicted molar refractivity (Wildman–Crippen MR) is 152 cm³/mol. The van der Waals surface area contributed by atoms with E-state index in [1.54, 1.807) is 19.3 Å². The highest BCUT2D eigenvalue weighted by Gasteiger charge is 2.58. The molecule has 0 bridgehead atoms. The maximum atomic E-state index is 13.1. The number of amides is 2. The first kappa shape index (κ1) is 31.7. The van der Waals surface area contributed by atoms with E-state index in [1.165, 1.54) is 19.2 Å². The lowest BCUT2D eigenvalue weighted by atomic mass is 9.84. The fourth-order valence-electron chi connectivity index (χ4n) is 3.69. The van der Waals surface area contributed by atoms with Crippen molar-refractivity contribution < 1.29 is 36.4 Å². The van der Waals surface area contributed by atoms with E-state index in [0.29, 0.717) is 17.4 Å². The molecule has 1 unspecified atom stereocenters. The van der Waals surface area contributed by atoms with Gasteiger partial charge in [0.15, 0.2) is 17.5 Å². The van der Waals surface area contributed by atoms with Crippen LogP contribution in [0.1, 0.15) is 31.5 Å². The highest BCUT2D eigenvalue weighted by atomic mass is 32.3. The molecule has 1 fully saturated rings. The zero-order chi connectivity index (χ0) is 30.2. The Labute approximate surface area is 240 Å². The van der Waals surface area contributed by atoms with Gasteiger partial charge in [-0.2, -0.15) is 13.5 Å². The van der Waals surface area contributed by atoms with Gasteiger partial charge in [-0.05, 0) is 45.0 Å². The van der Waals surface area contributed by atoms with Crippen LogP contribution in [0.15, 0.2) is 33.7 Å². The summed E-state index contributed by atoms with van der Waals surface area (Å²) in [7, 11) is -3.28. The molecule has 18 heteroatoms. The number of β-lactam (4-membered cyclic amide) rings is 1. The lowest BCUT2D eigenvalue weighted by Crippen LogP contribution is -2.76. The van der Waals surface area contributed by atoms with Crippen molar-refractivity contribution in [2.45, 2.75) is 31.8 Å². The van der Waals surface area contributed by atoms with Crippen LogP contribution in [0.4, 0.5) is 10.8 Å². The molecule has 2 heterocycles. The van der Waals surface area contributed by atoms with Crippen LogP contribution in [0.3, 0.4) is 0 Å². The van der Waals surface area contributed by atoms with Gasteiger partial charge >= 0.3 is 10.4 Å². The van der Waals surface area contributed by atoms with Crippen molar-refractivity contribution in [2.75, 3.05) is 44.4 Å². The number of benzene rings is 1. The summed E-state index contributed by atoms with van der Waals surface area (Å²) >= 11 is 1.06. The van der Waals surface area contributed by atoms with Crippen molar-refractivity contribution in [3.8, 4) is 5.75 Å². The Morgan fingerprint density at radius 2 is 2.10 bits per heavy atom. The van der Waals surface area contributed by atoms with E-state index < -0.39 is 33.8 Å². The number of nitrogen functional groups attached to an aromatic ring is 1. The summed E-state index contributed by atoms with van der Waals surface area (Å²) in [5.74, 6) is -1.18. The lowest BCUT2D eigenvalue weighted by Gasteiger charge is -2.50. The van der Waals surface area contributed by atoms with Gasteiger partial charge in [0.2, 0.25) is 0 Å². The lowest BCUT2D eigenvalue weighted by molar-refractivity contribution is -0.218. The summed E-state index contributed by atoms with van der Waals surface area (Å²) in [4.78, 5) is 38.9. The molecule has 1 aliphatic rings. The van der Waals surface area contributed by atoms with Crippen molar-refractivity contribution in [3.05, 3.63) is 34.8 Å². The second kappa shape index (κ2) is 13.7. The molecule has 1 saturated heterocycles. The maximum absolute atomic E-state index is 13.1. The van der Waals surface area contributed by atoms with Crippen LogP contribution < -0.4 is 26.8 Å². The third kappa shape index (κ3) is 8.33. The molecule has 7 N–H and O–H groups in total. The maximum Gasteiger partial charge on any atom is 0.418 e. The van der Waals surface area contributed by atoms with E-state index in [9.17, 15) is 18.0 Å². The Bertz CT molecular complexity index is 1410. The molecular weight excluding hydrogens is 580 g/mol. The van der Waals surface area contributed by atoms with E-state index in [4.69, 9.17) is 25.6 Å². The number of ether oxygens (including phenoxy) is 1. The monoisotopic (exact) mass is 612 g/mol. The minimum atomic E-state index is -4.95. The van der Waals surface area contributed by atoms with Crippen molar-refractivity contribution >= 4 is 56.3 Å². The van der Waals surface area contributed by atoms with Crippen molar-refractivity contribution in [2.24, 2.45) is 15.9 Å². The normalized spacial score (nSPS) is 16.9. The topological polar surface area (TPSA) is 233 Å². The highest BCUT2D eigenvalue weighted by Crippen LogP contribution is 2.33. The van der Waals surface area contributed by atoms with Gasteiger partial charge in [-0.3, -0.25) is 19.1 Å². The molecule has 1 aliphatic heterocycles. The smallest absolute Gasteiger partial charge is 0.418 e. The Kier molecular flexibility index (Phi) is 10.6. The molecule has 1 aromatic heterocycles. The molecule has 16 nitrogen and oxygen atoms in total. The number of nitrogens with one attached hydrogen (secondary N) is 2. The van der Waals surface area contributed by atoms with E-state index >= 15 is 0 Å². The van der Waals surface area contributed by atoms with Crippen LogP contribution in [-0.2, 0) is 29.1 Å². The van der Waals surface area contributed by atoms with Crippen molar-refractivity contribution in [1.82, 2.24) is 15.4 Å². The molecule has 0 radical (unpaired) electrons. The van der Waals surface area contributed by atoms with Crippen LogP contribution in [0, 0.1) is 0 Å². The molecular formula is C23H32N8O8S2. The van der Waals surface area contributed by atoms with Gasteiger partial charge < -0.3 is 31.7 Å². The number of hydrogen-bond acceptors (Lipinski definition) is 14. The number of carbonyl (C=O) groups excluding carboxylic acids is 2. The van der Waals surface area contributed by atoms with Crippen LogP contribution >= 0.6 is 11.3 Å². The minimum Gasteiger partial charge on any atom is -0.490 e. The summed E-state index contributed by atoms with van der Waals surface area (Å²) in [5, 5.41) is 11.7. The molecule has 2 amide bonds. The third-order valence-corrected chi connectivity index (χ3v) is 6.70. The number of nitrogens with zero attached hydrogens (tertiary/aromatic N) is 4. The fraction of sp³-hybridized carbons (Fsp3) is 0.435. The minimum absolute atomic E-state index is 0.0477. The second-order valence-corrected chi connectivity index (χ2v) is 11.0. The summed E-state index contributed by atoms with van der Waals surface area (Å²) < 4.78 is 41.0. The largest absolute Gasteiger partial charge is 0.490 e. The number of aromatic nitrogens is 1. The molecule has 1 atom stereocenters. The van der Waals surface area contributed by atoms with Crippen LogP contribution in [-0.4, -0.2) is 91.7 Å². The van der Waals surface area contributed by atoms with Gasteiger partial charge in [0.25, 0.3) is 11.8 Å². The summed E-state index contributed by atoms with van der Waals surface area (Å²) in [6.07, 6.45) is 2.52. The fourth-order valence-corrected chi connectivity index (χ4v) is 4.69. The Balaban J connectivity index is 1.63. The molecule has 2 aromatic rings. The third-order valence-electron chi connectivity index (χ3n) is 5.69. The Morgan fingerprint density at radius 3 is 2.71 bits per heavy atom. The number of aliphatic imine (C=N–C) groups is 1. The first-order chi connectivity index (χ1) is 19.4. The van der Waals surface area contributed by atoms with Crippen molar-refractivity contribution in [1.29, 1.82) is 0 Å². The van der Waals surface area contributed by atoms with Crippen molar-refractivity contribution in [3.63, 3.8) is 0 Å². The van der Waals surface area contributed by atoms with E-state index in [0.717, 1.165) is 35.6 Å². The first-order valence-electron chi connectivity index (χ1n) is 12.2. The quantitative estimate of drug-likeness (QED) is 0.0595. The zero-order valence-corrected chi connectivity index (χ0v) is 24.2. The van der Waals surface area contributed by atoms with Gasteiger partial charge in [0.05, 0.1) is 5.54 Å². The van der Waals surface area contributed by atoms with Gasteiger partial charge in [0.1, 0.15) is 24.1 Å². The number of hydrogen-bond donors (Lipinski definition) is 5. The van der Waals surface area contributed by atoms with Gasteiger partial charge in [-0.15, -0.1) is 15.6 Å². The zero-order valence-electron chi connectivity index (χ0n) is 22.6. The predicted octanol–water partition coefficient (Wildman–Crippen LogP) is 0.174. The van der Waals surface area contributed by atoms with E-state index in [2.05, 4.69) is 30.0 Å². The number of rotatable bonds is 15. The second-order valence-electron chi connectivity index (χ2n) is 9.09. The van der Waals surface area contributed by atoms with Crippen LogP contribution in [0.25, 0.3) is 0 Å². The molecule has 0 saturated carbocycles. The standard InChI is InChI=1S/C23H32N8O8S2/c1-23(2)19(21(33)31(23)39-41(34,35)36)29-20(32)18(17-13-40-22(25)28-17)30-38-10-9-37-15-5-6-16(27-8-4-7-24)14(11-15)12-26-3/h5-6,11-13,19,27H,4,7-10,24H2,1-3H3,(H2,25,28)(H,29,32)(H,34,35,36)/b26-12?,30-18-. The number of oxime groups is 1. The molecule has 41 heavy (non-hydrogen) atoms. The summed E-state index contributed by atoms with van der Waals surface area (Å²) in [6, 6.07) is 4.26. The van der Waals surface area contributed by atoms with E-state index in [1.807, 2.05) is 12.1 Å². The number of carbonyl (C=O) groups is 2. The van der Waals surface area contributed by atoms with Gasteiger partial charge in [0, 0.05) is 36.4 Å². The van der Waals surface area contributed by atoms with Crippen LogP contribution in [0.2, 0.25) is 0 Å².